The Balaban J connectivity index is 1.82. The normalized spacial score (nSPS) is 15.3. The number of halogens is 2. The zero-order valence-electron chi connectivity index (χ0n) is 13.7. The molecule has 0 aliphatic heterocycles. The quantitative estimate of drug-likeness (QED) is 0.714. The second kappa shape index (κ2) is 7.84. The molecule has 3 rings (SSSR count). The molecule has 10 heteroatoms. The van der Waals surface area contributed by atoms with Crippen LogP contribution in [0.2, 0.25) is 10.0 Å². The van der Waals surface area contributed by atoms with Gasteiger partial charge < -0.3 is 9.47 Å². The van der Waals surface area contributed by atoms with Gasteiger partial charge in [-0.15, -0.1) is 15.0 Å². The number of nitrogens with zero attached hydrogens (tertiary/aromatic N) is 4. The van der Waals surface area contributed by atoms with E-state index in [0.29, 0.717) is 25.0 Å². The van der Waals surface area contributed by atoms with Crippen LogP contribution in [0.15, 0.2) is 30.3 Å². The van der Waals surface area contributed by atoms with Gasteiger partial charge in [-0.1, -0.05) is 23.2 Å². The van der Waals surface area contributed by atoms with Gasteiger partial charge in [0.2, 0.25) is 6.23 Å². The van der Waals surface area contributed by atoms with Gasteiger partial charge in [0.15, 0.2) is 17.9 Å². The minimum Gasteiger partial charge on any atom is -0.464 e. The zero-order valence-corrected chi connectivity index (χ0v) is 15.2. The maximum Gasteiger partial charge on any atom is 0.344 e. The molecule has 0 amide bonds. The molecule has 1 unspecified atom stereocenters. The van der Waals surface area contributed by atoms with E-state index in [9.17, 15) is 9.59 Å². The minimum atomic E-state index is -0.691. The first-order chi connectivity index (χ1) is 12.5. The number of benzene rings is 1. The molecule has 0 bridgehead atoms. The molecule has 1 aliphatic carbocycles. The highest BCUT2D eigenvalue weighted by atomic mass is 35.5. The van der Waals surface area contributed by atoms with E-state index in [4.69, 9.17) is 32.7 Å². The second-order valence-corrected chi connectivity index (χ2v) is 6.32. The van der Waals surface area contributed by atoms with Crippen LogP contribution in [0.3, 0.4) is 0 Å². The van der Waals surface area contributed by atoms with E-state index in [1.165, 1.54) is 29.3 Å². The lowest BCUT2D eigenvalue weighted by atomic mass is 10.1. The topological polar surface area (TPSA) is 96.2 Å². The van der Waals surface area contributed by atoms with Crippen LogP contribution in [-0.2, 0) is 9.53 Å². The first kappa shape index (κ1) is 18.3. The third-order valence-corrected chi connectivity index (χ3v) is 4.31. The average molecular weight is 397 g/mol. The summed E-state index contributed by atoms with van der Waals surface area (Å²) in [7, 11) is 0. The van der Waals surface area contributed by atoms with Crippen LogP contribution in [0.25, 0.3) is 0 Å². The molecular formula is C16H14Cl2N4O4. The summed E-state index contributed by atoms with van der Waals surface area (Å²) < 4.78 is 11.0. The highest BCUT2D eigenvalue weighted by Gasteiger charge is 2.23. The number of ether oxygens (including phenoxy) is 2. The molecule has 1 heterocycles. The summed E-state index contributed by atoms with van der Waals surface area (Å²) in [6, 6.07) is 2.91. The Hall–Kier alpha value is -2.45. The molecule has 0 N–H and O–H groups in total. The number of rotatable bonds is 5. The molecule has 2 aromatic rings. The van der Waals surface area contributed by atoms with Crippen molar-refractivity contribution in [2.45, 2.75) is 32.4 Å². The predicted molar refractivity (Wildman–Crippen MR) is 92.0 cm³/mol. The fourth-order valence-electron chi connectivity index (χ4n) is 2.37. The molecule has 1 aromatic heterocycles. The molecular weight excluding hydrogens is 383 g/mol. The van der Waals surface area contributed by atoms with Gasteiger partial charge >= 0.3 is 5.97 Å². The van der Waals surface area contributed by atoms with Crippen molar-refractivity contribution in [2.24, 2.45) is 0 Å². The Bertz CT molecular complexity index is 867. The molecule has 0 radical (unpaired) electrons. The van der Waals surface area contributed by atoms with Crippen molar-refractivity contribution in [3.63, 3.8) is 0 Å². The number of tetrazole rings is 1. The van der Waals surface area contributed by atoms with Crippen molar-refractivity contribution in [1.82, 2.24) is 20.2 Å². The smallest absolute Gasteiger partial charge is 0.344 e. The Morgan fingerprint density at radius 1 is 1.31 bits per heavy atom. The highest BCUT2D eigenvalue weighted by Crippen LogP contribution is 2.38. The Morgan fingerprint density at radius 3 is 2.81 bits per heavy atom. The summed E-state index contributed by atoms with van der Waals surface area (Å²) in [6.45, 7) is 1.66. The van der Waals surface area contributed by atoms with Gasteiger partial charge in [0.05, 0.1) is 15.6 Å². The standard InChI is InChI=1S/C16H14Cl2N4O4/c1-9(22-20-8-19-21-22)25-15-13(17)6-5-12(14(15)18)16(24)26-11-4-2-3-10(23)7-11/h5-9H,2-4H2,1H3. The van der Waals surface area contributed by atoms with Crippen LogP contribution < -0.4 is 4.74 Å². The third-order valence-electron chi connectivity index (χ3n) is 3.64. The average Bonchev–Trinajstić information content (AvgIpc) is 3.13. The van der Waals surface area contributed by atoms with E-state index < -0.39 is 12.2 Å². The molecule has 136 valence electrons. The van der Waals surface area contributed by atoms with Gasteiger partial charge in [0, 0.05) is 18.9 Å². The third kappa shape index (κ3) is 4.03. The lowest BCUT2D eigenvalue weighted by Crippen LogP contribution is -2.16. The fraction of sp³-hybridized carbons (Fsp3) is 0.312. The molecule has 1 atom stereocenters. The van der Waals surface area contributed by atoms with Crippen LogP contribution >= 0.6 is 23.2 Å². The number of aromatic nitrogens is 4. The van der Waals surface area contributed by atoms with Gasteiger partial charge in [0.1, 0.15) is 5.76 Å². The Kier molecular flexibility index (Phi) is 5.53. The number of allylic oxidation sites excluding steroid dienone is 2. The molecule has 1 aromatic carbocycles. The van der Waals surface area contributed by atoms with Crippen molar-refractivity contribution in [1.29, 1.82) is 0 Å². The summed E-state index contributed by atoms with van der Waals surface area (Å²) in [5.41, 5.74) is 0.0729. The zero-order chi connectivity index (χ0) is 18.7. The van der Waals surface area contributed by atoms with Crippen LogP contribution in [0.5, 0.6) is 5.75 Å². The van der Waals surface area contributed by atoms with Crippen molar-refractivity contribution in [3.8, 4) is 5.75 Å². The van der Waals surface area contributed by atoms with E-state index >= 15 is 0 Å². The SMILES string of the molecule is CC(Oc1c(Cl)ccc(C(=O)OC2=CC(=O)CCC2)c1Cl)n1ncnn1. The monoisotopic (exact) mass is 396 g/mol. The van der Waals surface area contributed by atoms with Crippen molar-refractivity contribution >= 4 is 35.0 Å². The molecule has 1 aliphatic rings. The Morgan fingerprint density at radius 2 is 2.12 bits per heavy atom. The summed E-state index contributed by atoms with van der Waals surface area (Å²) in [5.74, 6) is -0.343. The van der Waals surface area contributed by atoms with Crippen molar-refractivity contribution in [3.05, 3.63) is 45.9 Å². The summed E-state index contributed by atoms with van der Waals surface area (Å²) in [6.07, 6.45) is 3.55. The maximum atomic E-state index is 12.4. The number of carbonyl (C=O) groups is 2. The largest absolute Gasteiger partial charge is 0.464 e. The van der Waals surface area contributed by atoms with Gasteiger partial charge in [-0.2, -0.15) is 0 Å². The van der Waals surface area contributed by atoms with E-state index in [1.54, 1.807) is 6.92 Å². The molecule has 0 saturated heterocycles. The van der Waals surface area contributed by atoms with Crippen molar-refractivity contribution in [2.75, 3.05) is 0 Å². The number of hydrogen-bond donors (Lipinski definition) is 0. The first-order valence-corrected chi connectivity index (χ1v) is 8.54. The molecule has 0 spiro atoms. The van der Waals surface area contributed by atoms with Crippen LogP contribution in [0.1, 0.15) is 42.8 Å². The number of carbonyl (C=O) groups excluding carboxylic acids is 2. The molecule has 8 nitrogen and oxygen atoms in total. The van der Waals surface area contributed by atoms with Gasteiger partial charge in [0.25, 0.3) is 0 Å². The number of esters is 1. The van der Waals surface area contributed by atoms with E-state index in [2.05, 4.69) is 15.4 Å². The number of ketones is 1. The second-order valence-electron chi connectivity index (χ2n) is 5.53. The lowest BCUT2D eigenvalue weighted by molar-refractivity contribution is -0.115. The van der Waals surface area contributed by atoms with Crippen LogP contribution in [0.4, 0.5) is 0 Å². The fourth-order valence-corrected chi connectivity index (χ4v) is 2.91. The summed E-state index contributed by atoms with van der Waals surface area (Å²) in [4.78, 5) is 25.1. The summed E-state index contributed by atoms with van der Waals surface area (Å²) >= 11 is 12.4. The van der Waals surface area contributed by atoms with E-state index in [1.807, 2.05) is 0 Å². The Labute approximate surface area is 158 Å². The number of hydrogen-bond acceptors (Lipinski definition) is 7. The van der Waals surface area contributed by atoms with Gasteiger partial charge in [-0.05, 0) is 30.7 Å². The lowest BCUT2D eigenvalue weighted by Gasteiger charge is -2.17. The molecule has 0 saturated carbocycles. The van der Waals surface area contributed by atoms with E-state index in [-0.39, 0.29) is 27.1 Å². The van der Waals surface area contributed by atoms with Crippen LogP contribution in [0, 0.1) is 0 Å². The molecule has 26 heavy (non-hydrogen) atoms. The highest BCUT2D eigenvalue weighted by molar-refractivity contribution is 6.39. The minimum absolute atomic E-state index is 0.00259. The predicted octanol–water partition coefficient (Wildman–Crippen LogP) is 3.37. The summed E-state index contributed by atoms with van der Waals surface area (Å²) in [5, 5.41) is 11.4. The van der Waals surface area contributed by atoms with Gasteiger partial charge in [-0.3, -0.25) is 4.79 Å². The maximum absolute atomic E-state index is 12.4. The van der Waals surface area contributed by atoms with E-state index in [0.717, 1.165) is 0 Å². The van der Waals surface area contributed by atoms with Crippen molar-refractivity contribution < 1.29 is 19.1 Å². The molecule has 0 fully saturated rings. The first-order valence-electron chi connectivity index (χ1n) is 7.78. The van der Waals surface area contributed by atoms with Gasteiger partial charge in [-0.25, -0.2) is 4.79 Å². The van der Waals surface area contributed by atoms with Crippen LogP contribution in [-0.4, -0.2) is 32.0 Å².